The fourth-order valence-electron chi connectivity index (χ4n) is 1.32. The van der Waals surface area contributed by atoms with E-state index < -0.39 is 5.97 Å². The number of esters is 1. The number of hydrogen-bond acceptors (Lipinski definition) is 4. The number of benzene rings is 1. The Morgan fingerprint density at radius 1 is 1.38 bits per heavy atom. The number of ether oxygens (including phenoxy) is 1. The Bertz CT molecular complexity index is 409. The van der Waals surface area contributed by atoms with Crippen molar-refractivity contribution in [3.8, 4) is 5.75 Å². The Balaban J connectivity index is 2.90. The fraction of sp³-hybridized carbons (Fsp3) is 0.333. The summed E-state index contributed by atoms with van der Waals surface area (Å²) in [7, 11) is 0. The molecular weight excluding hydrogens is 208 g/mol. The van der Waals surface area contributed by atoms with Crippen LogP contribution in [0.3, 0.4) is 0 Å². The number of rotatable bonds is 4. The second-order valence-electron chi connectivity index (χ2n) is 3.44. The van der Waals surface area contributed by atoms with E-state index in [0.29, 0.717) is 5.56 Å². The van der Waals surface area contributed by atoms with Crippen molar-refractivity contribution in [1.29, 1.82) is 0 Å². The number of aromatic hydroxyl groups is 1. The van der Waals surface area contributed by atoms with Crippen molar-refractivity contribution < 1.29 is 19.4 Å². The molecule has 0 amide bonds. The molecule has 1 aromatic rings. The van der Waals surface area contributed by atoms with Gasteiger partial charge in [0.1, 0.15) is 11.5 Å². The number of ketones is 1. The molecule has 0 radical (unpaired) electrons. The summed E-state index contributed by atoms with van der Waals surface area (Å²) in [4.78, 5) is 22.2. The Kier molecular flexibility index (Phi) is 4.05. The van der Waals surface area contributed by atoms with E-state index in [1.807, 2.05) is 0 Å². The molecule has 86 valence electrons. The highest BCUT2D eigenvalue weighted by Gasteiger charge is 2.10. The lowest BCUT2D eigenvalue weighted by Crippen LogP contribution is -2.05. The van der Waals surface area contributed by atoms with Crippen molar-refractivity contribution in [2.75, 3.05) is 6.61 Å². The molecule has 0 saturated heterocycles. The molecule has 0 atom stereocenters. The van der Waals surface area contributed by atoms with Crippen molar-refractivity contribution in [2.45, 2.75) is 20.3 Å². The molecule has 0 unspecified atom stereocenters. The summed E-state index contributed by atoms with van der Waals surface area (Å²) in [5, 5.41) is 9.60. The first-order valence-electron chi connectivity index (χ1n) is 5.03. The topological polar surface area (TPSA) is 63.6 Å². The lowest BCUT2D eigenvalue weighted by molar-refractivity contribution is -0.116. The highest BCUT2D eigenvalue weighted by atomic mass is 16.5. The summed E-state index contributed by atoms with van der Waals surface area (Å²) in [6.45, 7) is 3.44. The van der Waals surface area contributed by atoms with Gasteiger partial charge >= 0.3 is 5.97 Å². The van der Waals surface area contributed by atoms with E-state index >= 15 is 0 Å². The molecule has 0 aliphatic carbocycles. The minimum Gasteiger partial charge on any atom is -0.508 e. The Morgan fingerprint density at radius 3 is 2.56 bits per heavy atom. The van der Waals surface area contributed by atoms with Crippen molar-refractivity contribution in [1.82, 2.24) is 0 Å². The van der Waals surface area contributed by atoms with Gasteiger partial charge in [-0.05, 0) is 26.0 Å². The fourth-order valence-corrected chi connectivity index (χ4v) is 1.32. The minimum atomic E-state index is -0.479. The Morgan fingerprint density at radius 2 is 2.06 bits per heavy atom. The number of phenols is 1. The lowest BCUT2D eigenvalue weighted by atomic mass is 10.1. The van der Waals surface area contributed by atoms with E-state index in [1.165, 1.54) is 19.1 Å². The summed E-state index contributed by atoms with van der Waals surface area (Å²) in [5.74, 6) is -0.577. The van der Waals surface area contributed by atoms with Crippen molar-refractivity contribution in [2.24, 2.45) is 0 Å². The average molecular weight is 222 g/mol. The first-order valence-corrected chi connectivity index (χ1v) is 5.03. The number of hydrogen-bond donors (Lipinski definition) is 1. The molecule has 16 heavy (non-hydrogen) atoms. The lowest BCUT2D eigenvalue weighted by Gasteiger charge is -2.05. The van der Waals surface area contributed by atoms with Gasteiger partial charge in [-0.1, -0.05) is 6.07 Å². The van der Waals surface area contributed by atoms with Gasteiger partial charge in [0.05, 0.1) is 12.2 Å². The quantitative estimate of drug-likeness (QED) is 0.787. The molecule has 0 heterocycles. The van der Waals surface area contributed by atoms with Crippen LogP contribution in [0.15, 0.2) is 18.2 Å². The van der Waals surface area contributed by atoms with Crippen LogP contribution in [-0.2, 0) is 16.0 Å². The summed E-state index contributed by atoms with van der Waals surface area (Å²) in [5.41, 5.74) is 0.798. The SMILES string of the molecule is CCOC(=O)c1ccc(CC(C)=O)c(O)c1. The first kappa shape index (κ1) is 12.2. The smallest absolute Gasteiger partial charge is 0.338 e. The highest BCUT2D eigenvalue weighted by Crippen LogP contribution is 2.20. The molecule has 0 spiro atoms. The number of carbonyl (C=O) groups is 2. The third kappa shape index (κ3) is 3.08. The normalized spacial score (nSPS) is 9.88. The first-order chi connectivity index (χ1) is 7.54. The third-order valence-corrected chi connectivity index (χ3v) is 2.04. The van der Waals surface area contributed by atoms with Crippen LogP contribution in [0, 0.1) is 0 Å². The average Bonchev–Trinajstić information content (AvgIpc) is 2.20. The zero-order valence-corrected chi connectivity index (χ0v) is 9.32. The van der Waals surface area contributed by atoms with Crippen LogP contribution in [0.5, 0.6) is 5.75 Å². The van der Waals surface area contributed by atoms with Crippen LogP contribution in [0.1, 0.15) is 29.8 Å². The maximum atomic E-state index is 11.3. The predicted octanol–water partition coefficient (Wildman–Crippen LogP) is 1.70. The van der Waals surface area contributed by atoms with Crippen LogP contribution in [0.4, 0.5) is 0 Å². The van der Waals surface area contributed by atoms with Gasteiger partial charge in [-0.2, -0.15) is 0 Å². The second-order valence-corrected chi connectivity index (χ2v) is 3.44. The Hall–Kier alpha value is -1.84. The van der Waals surface area contributed by atoms with E-state index in [1.54, 1.807) is 13.0 Å². The number of carbonyl (C=O) groups excluding carboxylic acids is 2. The van der Waals surface area contributed by atoms with Gasteiger partial charge in [0.15, 0.2) is 0 Å². The molecule has 4 heteroatoms. The molecule has 0 fully saturated rings. The summed E-state index contributed by atoms with van der Waals surface area (Å²) in [6, 6.07) is 4.41. The largest absolute Gasteiger partial charge is 0.508 e. The second kappa shape index (κ2) is 5.30. The maximum absolute atomic E-state index is 11.3. The molecule has 1 rings (SSSR count). The van der Waals surface area contributed by atoms with Gasteiger partial charge in [-0.15, -0.1) is 0 Å². The van der Waals surface area contributed by atoms with Gasteiger partial charge in [0.2, 0.25) is 0 Å². The number of Topliss-reactive ketones (excluding diaryl/α,β-unsaturated/α-hetero) is 1. The highest BCUT2D eigenvalue weighted by molar-refractivity contribution is 5.90. The summed E-state index contributed by atoms with van der Waals surface area (Å²) < 4.78 is 4.79. The van der Waals surface area contributed by atoms with E-state index in [0.717, 1.165) is 0 Å². The molecule has 4 nitrogen and oxygen atoms in total. The number of phenolic OH excluding ortho intramolecular Hbond substituents is 1. The zero-order valence-electron chi connectivity index (χ0n) is 9.32. The van der Waals surface area contributed by atoms with E-state index in [-0.39, 0.29) is 30.1 Å². The molecule has 0 bridgehead atoms. The zero-order chi connectivity index (χ0) is 12.1. The molecule has 0 aliphatic heterocycles. The molecule has 0 saturated carbocycles. The monoisotopic (exact) mass is 222 g/mol. The summed E-state index contributed by atoms with van der Waals surface area (Å²) >= 11 is 0. The van der Waals surface area contributed by atoms with Crippen molar-refractivity contribution in [3.05, 3.63) is 29.3 Å². The van der Waals surface area contributed by atoms with Crippen LogP contribution in [0.2, 0.25) is 0 Å². The Labute approximate surface area is 93.9 Å². The molecule has 1 aromatic carbocycles. The molecule has 0 aromatic heterocycles. The van der Waals surface area contributed by atoms with Crippen molar-refractivity contribution in [3.63, 3.8) is 0 Å². The van der Waals surface area contributed by atoms with Gasteiger partial charge in [0, 0.05) is 12.0 Å². The van der Waals surface area contributed by atoms with Crippen LogP contribution in [-0.4, -0.2) is 23.5 Å². The third-order valence-electron chi connectivity index (χ3n) is 2.04. The maximum Gasteiger partial charge on any atom is 0.338 e. The summed E-state index contributed by atoms with van der Waals surface area (Å²) in [6.07, 6.45) is 0.162. The van der Waals surface area contributed by atoms with Crippen LogP contribution in [0.25, 0.3) is 0 Å². The van der Waals surface area contributed by atoms with Gasteiger partial charge in [0.25, 0.3) is 0 Å². The minimum absolute atomic E-state index is 0.0424. The standard InChI is InChI=1S/C12H14O4/c1-3-16-12(15)10-5-4-9(6-8(2)13)11(14)7-10/h4-5,7,14H,3,6H2,1-2H3. The van der Waals surface area contributed by atoms with Gasteiger partial charge in [-0.25, -0.2) is 4.79 Å². The molecule has 1 N–H and O–H groups in total. The van der Waals surface area contributed by atoms with E-state index in [2.05, 4.69) is 0 Å². The van der Waals surface area contributed by atoms with Crippen LogP contribution < -0.4 is 0 Å². The van der Waals surface area contributed by atoms with Gasteiger partial charge in [-0.3, -0.25) is 4.79 Å². The molecule has 0 aliphatic rings. The molecular formula is C12H14O4. The predicted molar refractivity (Wildman–Crippen MR) is 58.4 cm³/mol. The van der Waals surface area contributed by atoms with Crippen LogP contribution >= 0.6 is 0 Å². The van der Waals surface area contributed by atoms with E-state index in [9.17, 15) is 14.7 Å². The van der Waals surface area contributed by atoms with E-state index in [4.69, 9.17) is 4.74 Å². The van der Waals surface area contributed by atoms with Crippen molar-refractivity contribution >= 4 is 11.8 Å². The van der Waals surface area contributed by atoms with Gasteiger partial charge < -0.3 is 9.84 Å².